The summed E-state index contributed by atoms with van der Waals surface area (Å²) >= 11 is 3.22. The zero-order valence-corrected chi connectivity index (χ0v) is 17.7. The predicted octanol–water partition coefficient (Wildman–Crippen LogP) is 3.73. The fourth-order valence-electron chi connectivity index (χ4n) is 2.86. The third kappa shape index (κ3) is 4.34. The van der Waals surface area contributed by atoms with Crippen LogP contribution in [0.2, 0.25) is 0 Å². The number of carbonyl (C=O) groups excluding carboxylic acids is 1. The summed E-state index contributed by atoms with van der Waals surface area (Å²) in [6.07, 6.45) is 2.05. The van der Waals surface area contributed by atoms with Crippen molar-refractivity contribution in [1.82, 2.24) is 14.3 Å². The number of amides is 1. The first-order valence-corrected chi connectivity index (χ1v) is 11.0. The molecule has 3 aromatic rings. The van der Waals surface area contributed by atoms with Crippen LogP contribution >= 0.6 is 23.1 Å². The first-order valence-electron chi connectivity index (χ1n) is 8.96. The molecule has 8 heteroatoms. The lowest BCUT2D eigenvalue weighted by atomic mass is 10.3. The van der Waals surface area contributed by atoms with Crippen LogP contribution in [-0.4, -0.2) is 39.7 Å². The van der Waals surface area contributed by atoms with Crippen molar-refractivity contribution < 1.29 is 9.53 Å². The minimum atomic E-state index is -0.313. The van der Waals surface area contributed by atoms with Crippen LogP contribution < -0.4 is 4.80 Å². The van der Waals surface area contributed by atoms with E-state index in [9.17, 15) is 4.79 Å². The number of carbonyl (C=O) groups is 1. The number of fused-ring (bicyclic) bond motifs is 1. The molecule has 0 aliphatic heterocycles. The maximum atomic E-state index is 12.7. The number of benzene rings is 1. The molecule has 27 heavy (non-hydrogen) atoms. The van der Waals surface area contributed by atoms with Gasteiger partial charge >= 0.3 is 0 Å². The van der Waals surface area contributed by atoms with Gasteiger partial charge in [0.15, 0.2) is 10.5 Å². The van der Waals surface area contributed by atoms with Gasteiger partial charge in [-0.2, -0.15) is 10.1 Å². The minimum absolute atomic E-state index is 0.313. The topological polar surface area (TPSA) is 61.4 Å². The highest BCUT2D eigenvalue weighted by atomic mass is 32.2. The lowest BCUT2D eigenvalue weighted by Crippen LogP contribution is -2.20. The molecular weight excluding hydrogens is 380 g/mol. The Morgan fingerprint density at radius 2 is 2.15 bits per heavy atom. The van der Waals surface area contributed by atoms with E-state index < -0.39 is 0 Å². The highest BCUT2D eigenvalue weighted by molar-refractivity contribution is 7.98. The second kappa shape index (κ2) is 8.86. The van der Waals surface area contributed by atoms with Gasteiger partial charge in [0.2, 0.25) is 0 Å². The third-order valence-electron chi connectivity index (χ3n) is 4.25. The first kappa shape index (κ1) is 19.9. The summed E-state index contributed by atoms with van der Waals surface area (Å²) in [5.41, 5.74) is 2.41. The molecule has 0 saturated carbocycles. The average Bonchev–Trinajstić information content (AvgIpc) is 3.21. The molecule has 1 aromatic carbocycles. The number of nitrogens with zero attached hydrogens (tertiary/aromatic N) is 4. The molecule has 3 rings (SSSR count). The van der Waals surface area contributed by atoms with E-state index in [1.165, 1.54) is 16.2 Å². The van der Waals surface area contributed by atoms with Crippen LogP contribution in [-0.2, 0) is 17.8 Å². The van der Waals surface area contributed by atoms with Crippen LogP contribution in [0.3, 0.4) is 0 Å². The number of ether oxygens (including phenoxy) is 1. The summed E-state index contributed by atoms with van der Waals surface area (Å²) in [7, 11) is 0. The standard InChI is InChI=1S/C19H24N4O2S2/c1-5-23-13(3)11-15(21-23)18(24)20-19-22(9-10-25-6-2)16-8-7-14(26-4)12-17(16)27-19/h7-8,11-12H,5-6,9-10H2,1-4H3. The Labute approximate surface area is 166 Å². The number of rotatable bonds is 7. The predicted molar refractivity (Wildman–Crippen MR) is 111 cm³/mol. The molecule has 0 unspecified atom stereocenters. The summed E-state index contributed by atoms with van der Waals surface area (Å²) in [5, 5.41) is 4.35. The van der Waals surface area contributed by atoms with Crippen LogP contribution in [0.25, 0.3) is 10.2 Å². The van der Waals surface area contributed by atoms with Crippen molar-refractivity contribution in [2.75, 3.05) is 19.5 Å². The van der Waals surface area contributed by atoms with Crippen LogP contribution in [0, 0.1) is 6.92 Å². The Bertz CT molecular complexity index is 1020. The summed E-state index contributed by atoms with van der Waals surface area (Å²) in [6.45, 7) is 8.55. The Balaban J connectivity index is 2.05. The Hall–Kier alpha value is -1.90. The SMILES string of the molecule is CCOCCn1c(=NC(=O)c2cc(C)n(CC)n2)sc2cc(SC)ccc21. The number of thioether (sulfide) groups is 1. The van der Waals surface area contributed by atoms with Gasteiger partial charge in [-0.3, -0.25) is 9.48 Å². The van der Waals surface area contributed by atoms with Gasteiger partial charge in [-0.05, 0) is 51.3 Å². The van der Waals surface area contributed by atoms with Crippen molar-refractivity contribution in [3.05, 3.63) is 40.5 Å². The fourth-order valence-corrected chi connectivity index (χ4v) is 4.47. The molecule has 0 radical (unpaired) electrons. The van der Waals surface area contributed by atoms with Crippen LogP contribution in [0.5, 0.6) is 0 Å². The van der Waals surface area contributed by atoms with E-state index in [0.717, 1.165) is 22.5 Å². The van der Waals surface area contributed by atoms with Crippen LogP contribution in [0.1, 0.15) is 30.0 Å². The van der Waals surface area contributed by atoms with E-state index in [1.54, 1.807) is 17.8 Å². The number of thiazole rings is 1. The molecule has 2 heterocycles. The summed E-state index contributed by atoms with van der Waals surface area (Å²) in [4.78, 5) is 19.0. The van der Waals surface area contributed by atoms with Crippen molar-refractivity contribution in [2.24, 2.45) is 4.99 Å². The van der Waals surface area contributed by atoms with Gasteiger partial charge in [-0.1, -0.05) is 11.3 Å². The molecular formula is C19H24N4O2S2. The zero-order chi connectivity index (χ0) is 19.4. The molecule has 0 N–H and O–H groups in total. The lowest BCUT2D eigenvalue weighted by molar-refractivity contribution is 0.0991. The number of hydrogen-bond donors (Lipinski definition) is 0. The second-order valence-corrected chi connectivity index (χ2v) is 7.86. The highest BCUT2D eigenvalue weighted by Crippen LogP contribution is 2.24. The van der Waals surface area contributed by atoms with E-state index in [1.807, 2.05) is 25.5 Å². The molecule has 2 aromatic heterocycles. The minimum Gasteiger partial charge on any atom is -0.380 e. The van der Waals surface area contributed by atoms with E-state index >= 15 is 0 Å². The molecule has 0 bridgehead atoms. The molecule has 1 amide bonds. The molecule has 0 fully saturated rings. The van der Waals surface area contributed by atoms with Crippen molar-refractivity contribution in [1.29, 1.82) is 0 Å². The summed E-state index contributed by atoms with van der Waals surface area (Å²) < 4.78 is 10.5. The largest absolute Gasteiger partial charge is 0.380 e. The average molecular weight is 405 g/mol. The third-order valence-corrected chi connectivity index (χ3v) is 6.02. The van der Waals surface area contributed by atoms with Gasteiger partial charge in [-0.25, -0.2) is 0 Å². The number of hydrogen-bond acceptors (Lipinski definition) is 5. The summed E-state index contributed by atoms with van der Waals surface area (Å²) in [5.74, 6) is -0.313. The molecule has 0 atom stereocenters. The molecule has 144 valence electrons. The van der Waals surface area contributed by atoms with Crippen molar-refractivity contribution in [3.8, 4) is 0 Å². The lowest BCUT2D eigenvalue weighted by Gasteiger charge is -2.05. The normalized spacial score (nSPS) is 12.2. The van der Waals surface area contributed by atoms with Crippen molar-refractivity contribution >= 4 is 39.2 Å². The summed E-state index contributed by atoms with van der Waals surface area (Å²) in [6, 6.07) is 8.11. The van der Waals surface area contributed by atoms with E-state index in [0.29, 0.717) is 30.3 Å². The van der Waals surface area contributed by atoms with Crippen LogP contribution in [0.4, 0.5) is 0 Å². The van der Waals surface area contributed by atoms with E-state index in [2.05, 4.69) is 39.1 Å². The van der Waals surface area contributed by atoms with E-state index in [-0.39, 0.29) is 5.91 Å². The molecule has 0 aliphatic rings. The fraction of sp³-hybridized carbons (Fsp3) is 0.421. The number of aromatic nitrogens is 3. The first-order chi connectivity index (χ1) is 13.1. The van der Waals surface area contributed by atoms with Crippen LogP contribution in [0.15, 0.2) is 34.2 Å². The van der Waals surface area contributed by atoms with Gasteiger partial charge in [0.25, 0.3) is 5.91 Å². The van der Waals surface area contributed by atoms with Gasteiger partial charge in [-0.15, -0.1) is 11.8 Å². The van der Waals surface area contributed by atoms with Gasteiger partial charge in [0.1, 0.15) is 0 Å². The van der Waals surface area contributed by atoms with E-state index in [4.69, 9.17) is 4.74 Å². The van der Waals surface area contributed by atoms with Gasteiger partial charge < -0.3 is 9.30 Å². The Morgan fingerprint density at radius 1 is 1.33 bits per heavy atom. The van der Waals surface area contributed by atoms with Crippen molar-refractivity contribution in [2.45, 2.75) is 38.8 Å². The van der Waals surface area contributed by atoms with Gasteiger partial charge in [0.05, 0.1) is 16.8 Å². The molecule has 0 aliphatic carbocycles. The quantitative estimate of drug-likeness (QED) is 0.445. The smallest absolute Gasteiger partial charge is 0.300 e. The number of aryl methyl sites for hydroxylation is 2. The second-order valence-electron chi connectivity index (χ2n) is 5.97. The Kier molecular flexibility index (Phi) is 6.51. The molecule has 0 saturated heterocycles. The monoisotopic (exact) mass is 404 g/mol. The van der Waals surface area contributed by atoms with Gasteiger partial charge in [0, 0.05) is 30.3 Å². The van der Waals surface area contributed by atoms with Crippen molar-refractivity contribution in [3.63, 3.8) is 0 Å². The highest BCUT2D eigenvalue weighted by Gasteiger charge is 2.13. The molecule has 0 spiro atoms. The Morgan fingerprint density at radius 3 is 2.81 bits per heavy atom. The zero-order valence-electron chi connectivity index (χ0n) is 16.1. The molecule has 6 nitrogen and oxygen atoms in total. The maximum Gasteiger partial charge on any atom is 0.300 e. The maximum absolute atomic E-state index is 12.7.